The summed E-state index contributed by atoms with van der Waals surface area (Å²) in [5, 5.41) is 22.3. The van der Waals surface area contributed by atoms with E-state index in [4.69, 9.17) is 5.11 Å². The van der Waals surface area contributed by atoms with Gasteiger partial charge in [-0.15, -0.1) is 0 Å². The number of aromatic hydroxyl groups is 1. The van der Waals surface area contributed by atoms with Crippen molar-refractivity contribution in [1.29, 1.82) is 0 Å². The molecule has 5 heteroatoms. The molecule has 0 aromatic heterocycles. The fourth-order valence-corrected chi connectivity index (χ4v) is 2.92. The number of ketones is 1. The van der Waals surface area contributed by atoms with E-state index in [-0.39, 0.29) is 23.0 Å². The molecule has 23 heavy (non-hydrogen) atoms. The molecule has 1 atom stereocenters. The Morgan fingerprint density at radius 1 is 1.09 bits per heavy atom. The normalized spacial score (nSPS) is 17.1. The molecule has 1 saturated heterocycles. The first-order valence-electron chi connectivity index (χ1n) is 7.48. The number of carbonyl (C=O) groups is 2. The van der Waals surface area contributed by atoms with E-state index in [0.29, 0.717) is 23.2 Å². The van der Waals surface area contributed by atoms with Crippen LogP contribution in [0.4, 0.5) is 0 Å². The Bertz CT molecular complexity index is 763. The maximum Gasteiger partial charge on any atom is 0.335 e. The molecular weight excluding hydrogens is 294 g/mol. The average Bonchev–Trinajstić information content (AvgIpc) is 3.08. The Kier molecular flexibility index (Phi) is 4.12. The predicted octanol–water partition coefficient (Wildman–Crippen LogP) is 2.55. The second kappa shape index (κ2) is 6.22. The Morgan fingerprint density at radius 2 is 1.87 bits per heavy atom. The van der Waals surface area contributed by atoms with Crippen molar-refractivity contribution in [2.75, 3.05) is 13.1 Å². The largest absolute Gasteiger partial charge is 0.507 e. The summed E-state index contributed by atoms with van der Waals surface area (Å²) in [4.78, 5) is 23.7. The number of benzene rings is 2. The van der Waals surface area contributed by atoms with Crippen LogP contribution in [0.5, 0.6) is 5.75 Å². The predicted molar refractivity (Wildman–Crippen MR) is 85.8 cm³/mol. The molecule has 1 aliphatic rings. The highest BCUT2D eigenvalue weighted by atomic mass is 16.4. The number of carbonyl (C=O) groups excluding carboxylic acids is 1. The summed E-state index contributed by atoms with van der Waals surface area (Å²) < 4.78 is 0. The Hall–Kier alpha value is -2.66. The van der Waals surface area contributed by atoms with E-state index in [9.17, 15) is 14.7 Å². The van der Waals surface area contributed by atoms with Gasteiger partial charge in [-0.1, -0.05) is 24.3 Å². The van der Waals surface area contributed by atoms with E-state index in [1.54, 1.807) is 24.3 Å². The molecule has 1 fully saturated rings. The molecular formula is C18H17NO4. The molecule has 1 heterocycles. The minimum atomic E-state index is -1.10. The lowest BCUT2D eigenvalue weighted by Crippen LogP contribution is -2.18. The fraction of sp³-hybridized carbons (Fsp3) is 0.222. The van der Waals surface area contributed by atoms with Gasteiger partial charge < -0.3 is 15.5 Å². The molecule has 0 spiro atoms. The summed E-state index contributed by atoms with van der Waals surface area (Å²) in [5.74, 6) is -1.26. The molecule has 3 N–H and O–H groups in total. The average molecular weight is 311 g/mol. The van der Waals surface area contributed by atoms with Crippen molar-refractivity contribution in [1.82, 2.24) is 5.32 Å². The van der Waals surface area contributed by atoms with E-state index in [1.165, 1.54) is 18.2 Å². The lowest BCUT2D eigenvalue weighted by atomic mass is 9.90. The number of aromatic carboxylic acids is 1. The van der Waals surface area contributed by atoms with Crippen LogP contribution in [-0.2, 0) is 0 Å². The monoisotopic (exact) mass is 311 g/mol. The maximum atomic E-state index is 12.7. The van der Waals surface area contributed by atoms with Gasteiger partial charge in [0.15, 0.2) is 5.78 Å². The quantitative estimate of drug-likeness (QED) is 0.755. The second-order valence-electron chi connectivity index (χ2n) is 5.64. The molecule has 2 aromatic rings. The minimum Gasteiger partial charge on any atom is -0.507 e. The van der Waals surface area contributed by atoms with Crippen molar-refractivity contribution in [3.05, 3.63) is 53.6 Å². The number of phenols is 1. The molecule has 0 bridgehead atoms. The molecule has 5 nitrogen and oxygen atoms in total. The van der Waals surface area contributed by atoms with Crippen molar-refractivity contribution < 1.29 is 19.8 Å². The van der Waals surface area contributed by atoms with Crippen molar-refractivity contribution in [3.63, 3.8) is 0 Å². The zero-order valence-electron chi connectivity index (χ0n) is 12.5. The van der Waals surface area contributed by atoms with Gasteiger partial charge in [0.2, 0.25) is 0 Å². The summed E-state index contributed by atoms with van der Waals surface area (Å²) >= 11 is 0. The summed E-state index contributed by atoms with van der Waals surface area (Å²) in [5.41, 5.74) is 1.65. The van der Waals surface area contributed by atoms with Crippen LogP contribution in [0, 0.1) is 5.92 Å². The summed E-state index contributed by atoms with van der Waals surface area (Å²) in [6.07, 6.45) is 0.803. The van der Waals surface area contributed by atoms with Crippen LogP contribution >= 0.6 is 0 Å². The third-order valence-corrected chi connectivity index (χ3v) is 4.16. The number of hydrogen-bond acceptors (Lipinski definition) is 4. The van der Waals surface area contributed by atoms with E-state index < -0.39 is 5.97 Å². The summed E-state index contributed by atoms with van der Waals surface area (Å²) in [6, 6.07) is 11.3. The van der Waals surface area contributed by atoms with E-state index in [0.717, 1.165) is 13.0 Å². The van der Waals surface area contributed by atoms with Gasteiger partial charge in [0.1, 0.15) is 5.75 Å². The Labute approximate surface area is 133 Å². The zero-order chi connectivity index (χ0) is 16.4. The van der Waals surface area contributed by atoms with E-state index in [2.05, 4.69) is 5.32 Å². The summed E-state index contributed by atoms with van der Waals surface area (Å²) in [7, 11) is 0. The third-order valence-electron chi connectivity index (χ3n) is 4.16. The number of rotatable bonds is 4. The molecule has 1 unspecified atom stereocenters. The first-order valence-corrected chi connectivity index (χ1v) is 7.48. The standard InChI is InChI=1S/C18H17NO4/c20-16-9-11(18(22)23)5-6-14(16)13-3-1-2-4-15(13)17(21)12-7-8-19-10-12/h1-6,9,12,19-20H,7-8,10H2,(H,22,23). The van der Waals surface area contributed by atoms with Gasteiger partial charge in [0.05, 0.1) is 5.56 Å². The minimum absolute atomic E-state index is 0.00931. The molecule has 0 aliphatic carbocycles. The highest BCUT2D eigenvalue weighted by Gasteiger charge is 2.26. The van der Waals surface area contributed by atoms with Crippen LogP contribution in [0.1, 0.15) is 27.1 Å². The Balaban J connectivity index is 2.03. The number of carboxylic acid groups (broad SMARTS) is 1. The smallest absolute Gasteiger partial charge is 0.335 e. The van der Waals surface area contributed by atoms with Gasteiger partial charge in [-0.2, -0.15) is 0 Å². The molecule has 0 amide bonds. The van der Waals surface area contributed by atoms with Crippen molar-refractivity contribution >= 4 is 11.8 Å². The van der Waals surface area contributed by atoms with Crippen LogP contribution in [0.25, 0.3) is 11.1 Å². The molecule has 3 rings (SSSR count). The lowest BCUT2D eigenvalue weighted by Gasteiger charge is -2.13. The van der Waals surface area contributed by atoms with Crippen molar-refractivity contribution in [2.45, 2.75) is 6.42 Å². The van der Waals surface area contributed by atoms with Gasteiger partial charge >= 0.3 is 5.97 Å². The number of phenolic OH excluding ortho intramolecular Hbond substituents is 1. The highest BCUT2D eigenvalue weighted by Crippen LogP contribution is 2.34. The van der Waals surface area contributed by atoms with Gasteiger partial charge in [0.25, 0.3) is 0 Å². The molecule has 1 aliphatic heterocycles. The molecule has 118 valence electrons. The third kappa shape index (κ3) is 2.96. The topological polar surface area (TPSA) is 86.6 Å². The SMILES string of the molecule is O=C(O)c1ccc(-c2ccccc2C(=O)C2CCNC2)c(O)c1. The van der Waals surface area contributed by atoms with E-state index in [1.807, 2.05) is 0 Å². The van der Waals surface area contributed by atoms with Gasteiger partial charge in [0, 0.05) is 23.6 Å². The van der Waals surface area contributed by atoms with Crippen molar-refractivity contribution in [2.24, 2.45) is 5.92 Å². The van der Waals surface area contributed by atoms with Crippen LogP contribution in [-0.4, -0.2) is 35.1 Å². The molecule has 0 saturated carbocycles. The first kappa shape index (κ1) is 15.2. The summed E-state index contributed by atoms with van der Waals surface area (Å²) in [6.45, 7) is 1.49. The van der Waals surface area contributed by atoms with E-state index >= 15 is 0 Å². The van der Waals surface area contributed by atoms with Gasteiger partial charge in [-0.05, 0) is 36.7 Å². The fourth-order valence-electron chi connectivity index (χ4n) is 2.92. The number of Topliss-reactive ketones (excluding diaryl/α,β-unsaturated/α-hetero) is 1. The van der Waals surface area contributed by atoms with Crippen LogP contribution in [0.15, 0.2) is 42.5 Å². The lowest BCUT2D eigenvalue weighted by molar-refractivity contribution is 0.0696. The molecule has 2 aromatic carbocycles. The zero-order valence-corrected chi connectivity index (χ0v) is 12.5. The number of carboxylic acids is 1. The van der Waals surface area contributed by atoms with Crippen LogP contribution < -0.4 is 5.32 Å². The number of hydrogen-bond donors (Lipinski definition) is 3. The first-order chi connectivity index (χ1) is 11.1. The van der Waals surface area contributed by atoms with Crippen LogP contribution in [0.2, 0.25) is 0 Å². The van der Waals surface area contributed by atoms with Crippen molar-refractivity contribution in [3.8, 4) is 16.9 Å². The number of nitrogens with one attached hydrogen (secondary N) is 1. The second-order valence-corrected chi connectivity index (χ2v) is 5.64. The molecule has 0 radical (unpaired) electrons. The Morgan fingerprint density at radius 3 is 2.52 bits per heavy atom. The maximum absolute atomic E-state index is 12.7. The van der Waals surface area contributed by atoms with Gasteiger partial charge in [-0.3, -0.25) is 4.79 Å². The highest BCUT2D eigenvalue weighted by molar-refractivity contribution is 6.04. The van der Waals surface area contributed by atoms with Gasteiger partial charge in [-0.25, -0.2) is 4.79 Å². The van der Waals surface area contributed by atoms with Crippen LogP contribution in [0.3, 0.4) is 0 Å².